The van der Waals surface area contributed by atoms with Gasteiger partial charge in [-0.15, -0.1) is 0 Å². The normalized spacial score (nSPS) is 19.1. The summed E-state index contributed by atoms with van der Waals surface area (Å²) >= 11 is 0. The second-order valence-electron chi connectivity index (χ2n) is 4.29. The highest BCUT2D eigenvalue weighted by Crippen LogP contribution is 2.30. The molecule has 1 unspecified atom stereocenters. The molecule has 3 nitrogen and oxygen atoms in total. The number of fused-ring (bicyclic) bond motifs is 1. The van der Waals surface area contributed by atoms with E-state index in [0.29, 0.717) is 0 Å². The number of aryl methyl sites for hydroxylation is 1. The lowest BCUT2D eigenvalue weighted by Crippen LogP contribution is -2.30. The van der Waals surface area contributed by atoms with Crippen molar-refractivity contribution in [2.75, 3.05) is 13.7 Å². The van der Waals surface area contributed by atoms with E-state index in [1.165, 1.54) is 0 Å². The molecule has 0 N–H and O–H groups in total. The van der Waals surface area contributed by atoms with Crippen LogP contribution < -0.4 is 4.74 Å². The number of ketones is 1. The first kappa shape index (κ1) is 11.9. The van der Waals surface area contributed by atoms with Gasteiger partial charge in [0.05, 0.1) is 6.61 Å². The molecule has 0 aromatic heterocycles. The second-order valence-corrected chi connectivity index (χ2v) is 4.29. The largest absolute Gasteiger partial charge is 0.479 e. The summed E-state index contributed by atoms with van der Waals surface area (Å²) in [5.74, 6) is 0.713. The average molecular weight is 232 g/mol. The van der Waals surface area contributed by atoms with Crippen molar-refractivity contribution in [3.8, 4) is 5.75 Å². The molecular formula is C14H16O3. The van der Waals surface area contributed by atoms with Crippen molar-refractivity contribution in [2.45, 2.75) is 20.0 Å². The van der Waals surface area contributed by atoms with Gasteiger partial charge >= 0.3 is 0 Å². The van der Waals surface area contributed by atoms with Crippen molar-refractivity contribution >= 4 is 11.4 Å². The van der Waals surface area contributed by atoms with Crippen molar-refractivity contribution < 1.29 is 14.3 Å². The Bertz CT molecular complexity index is 474. The van der Waals surface area contributed by atoms with Crippen LogP contribution >= 0.6 is 0 Å². The van der Waals surface area contributed by atoms with Crippen molar-refractivity contribution in [3.05, 3.63) is 35.4 Å². The average Bonchev–Trinajstić information content (AvgIpc) is 2.38. The Hall–Kier alpha value is -1.61. The maximum atomic E-state index is 11.9. The Morgan fingerprint density at radius 3 is 2.82 bits per heavy atom. The summed E-state index contributed by atoms with van der Waals surface area (Å²) in [6.45, 7) is 4.20. The van der Waals surface area contributed by atoms with E-state index in [2.05, 4.69) is 0 Å². The Labute approximate surface area is 101 Å². The predicted molar refractivity (Wildman–Crippen MR) is 66.1 cm³/mol. The standard InChI is InChI=1S/C14H16O3/c1-9-4-5-11-10(2)7-12(15)14(8-16-3)17-13(11)6-9/h4-7,14H,8H2,1-3H3. The highest BCUT2D eigenvalue weighted by molar-refractivity contribution is 6.01. The molecule has 3 heteroatoms. The van der Waals surface area contributed by atoms with Crippen molar-refractivity contribution in [2.24, 2.45) is 0 Å². The fraction of sp³-hybridized carbons (Fsp3) is 0.357. The molecule has 1 aliphatic heterocycles. The van der Waals surface area contributed by atoms with Gasteiger partial charge < -0.3 is 9.47 Å². The zero-order chi connectivity index (χ0) is 12.4. The van der Waals surface area contributed by atoms with Gasteiger partial charge in [-0.1, -0.05) is 12.1 Å². The minimum absolute atomic E-state index is 0.0433. The van der Waals surface area contributed by atoms with Crippen LogP contribution in [0.1, 0.15) is 18.1 Å². The summed E-state index contributed by atoms with van der Waals surface area (Å²) in [6.07, 6.45) is 1.09. The third kappa shape index (κ3) is 2.39. The molecule has 0 saturated carbocycles. The molecule has 1 heterocycles. The van der Waals surface area contributed by atoms with Crippen LogP contribution in [0.3, 0.4) is 0 Å². The summed E-state index contributed by atoms with van der Waals surface area (Å²) in [5.41, 5.74) is 3.02. The van der Waals surface area contributed by atoms with E-state index in [1.807, 2.05) is 32.0 Å². The molecular weight excluding hydrogens is 216 g/mol. The molecule has 0 fully saturated rings. The van der Waals surface area contributed by atoms with E-state index in [9.17, 15) is 4.79 Å². The van der Waals surface area contributed by atoms with Gasteiger partial charge in [0.2, 0.25) is 0 Å². The molecule has 1 atom stereocenters. The first-order chi connectivity index (χ1) is 8.11. The van der Waals surface area contributed by atoms with Gasteiger partial charge in [0.25, 0.3) is 0 Å². The van der Waals surface area contributed by atoms with Gasteiger partial charge in [0.15, 0.2) is 11.9 Å². The number of rotatable bonds is 2. The highest BCUT2D eigenvalue weighted by Gasteiger charge is 2.24. The third-order valence-electron chi connectivity index (χ3n) is 2.83. The summed E-state index contributed by atoms with van der Waals surface area (Å²) in [6, 6.07) is 5.95. The fourth-order valence-corrected chi connectivity index (χ4v) is 1.92. The van der Waals surface area contributed by atoms with Gasteiger partial charge in [-0.25, -0.2) is 0 Å². The molecule has 2 rings (SSSR count). The van der Waals surface area contributed by atoms with Crippen LogP contribution in [0.25, 0.3) is 5.57 Å². The van der Waals surface area contributed by atoms with Crippen molar-refractivity contribution in [1.82, 2.24) is 0 Å². The molecule has 90 valence electrons. The summed E-state index contributed by atoms with van der Waals surface area (Å²) in [4.78, 5) is 11.9. The fourth-order valence-electron chi connectivity index (χ4n) is 1.92. The van der Waals surface area contributed by atoms with E-state index < -0.39 is 6.10 Å². The first-order valence-corrected chi connectivity index (χ1v) is 5.60. The SMILES string of the molecule is COCC1Oc2cc(C)ccc2C(C)=CC1=O. The van der Waals surface area contributed by atoms with E-state index in [1.54, 1.807) is 13.2 Å². The van der Waals surface area contributed by atoms with Crippen molar-refractivity contribution in [1.29, 1.82) is 0 Å². The quantitative estimate of drug-likeness (QED) is 0.785. The lowest BCUT2D eigenvalue weighted by molar-refractivity contribution is -0.122. The maximum absolute atomic E-state index is 11.9. The first-order valence-electron chi connectivity index (χ1n) is 5.60. The van der Waals surface area contributed by atoms with Gasteiger partial charge in [-0.05, 0) is 37.1 Å². The molecule has 0 saturated heterocycles. The number of methoxy groups -OCH3 is 1. The van der Waals surface area contributed by atoms with Gasteiger partial charge in [-0.2, -0.15) is 0 Å². The van der Waals surface area contributed by atoms with Crippen LogP contribution in [0, 0.1) is 6.92 Å². The maximum Gasteiger partial charge on any atom is 0.198 e. The van der Waals surface area contributed by atoms with Crippen LogP contribution in [-0.2, 0) is 9.53 Å². The topological polar surface area (TPSA) is 35.5 Å². The molecule has 1 aromatic carbocycles. The molecule has 0 amide bonds. The predicted octanol–water partition coefficient (Wildman–Crippen LogP) is 2.37. The van der Waals surface area contributed by atoms with Crippen LogP contribution in [0.5, 0.6) is 5.75 Å². The third-order valence-corrected chi connectivity index (χ3v) is 2.83. The van der Waals surface area contributed by atoms with Crippen molar-refractivity contribution in [3.63, 3.8) is 0 Å². The zero-order valence-corrected chi connectivity index (χ0v) is 10.3. The van der Waals surface area contributed by atoms with E-state index in [4.69, 9.17) is 9.47 Å². The number of allylic oxidation sites excluding steroid dienone is 1. The Balaban J connectivity index is 2.44. The number of ether oxygens (including phenoxy) is 2. The number of carbonyl (C=O) groups is 1. The van der Waals surface area contributed by atoms with Gasteiger partial charge in [-0.3, -0.25) is 4.79 Å². The number of carbonyl (C=O) groups excluding carboxylic acids is 1. The van der Waals surface area contributed by atoms with E-state index >= 15 is 0 Å². The molecule has 0 radical (unpaired) electrons. The zero-order valence-electron chi connectivity index (χ0n) is 10.3. The number of benzene rings is 1. The monoisotopic (exact) mass is 232 g/mol. The second kappa shape index (κ2) is 4.72. The van der Waals surface area contributed by atoms with E-state index in [0.717, 1.165) is 22.4 Å². The Kier molecular flexibility index (Phi) is 3.29. The summed E-state index contributed by atoms with van der Waals surface area (Å²) in [7, 11) is 1.56. The Morgan fingerprint density at radius 2 is 2.12 bits per heavy atom. The van der Waals surface area contributed by atoms with E-state index in [-0.39, 0.29) is 12.4 Å². The lowest BCUT2D eigenvalue weighted by atomic mass is 10.0. The lowest BCUT2D eigenvalue weighted by Gasteiger charge is -2.15. The summed E-state index contributed by atoms with van der Waals surface area (Å²) in [5, 5.41) is 0. The minimum atomic E-state index is -0.544. The molecule has 0 bridgehead atoms. The van der Waals surface area contributed by atoms with Gasteiger partial charge in [0, 0.05) is 12.7 Å². The van der Waals surface area contributed by atoms with Gasteiger partial charge in [0.1, 0.15) is 5.75 Å². The molecule has 1 aliphatic rings. The van der Waals surface area contributed by atoms with Crippen LogP contribution in [-0.4, -0.2) is 25.6 Å². The highest BCUT2D eigenvalue weighted by atomic mass is 16.5. The molecule has 0 aliphatic carbocycles. The minimum Gasteiger partial charge on any atom is -0.479 e. The summed E-state index contributed by atoms with van der Waals surface area (Å²) < 4.78 is 10.7. The molecule has 0 spiro atoms. The molecule has 1 aromatic rings. The Morgan fingerprint density at radius 1 is 1.35 bits per heavy atom. The molecule has 17 heavy (non-hydrogen) atoms. The number of hydrogen-bond acceptors (Lipinski definition) is 3. The smallest absolute Gasteiger partial charge is 0.198 e. The van der Waals surface area contributed by atoms with Crippen LogP contribution in [0.2, 0.25) is 0 Å². The number of hydrogen-bond donors (Lipinski definition) is 0. The van der Waals surface area contributed by atoms with Crippen LogP contribution in [0.4, 0.5) is 0 Å². The van der Waals surface area contributed by atoms with Crippen LogP contribution in [0.15, 0.2) is 24.3 Å².